The standard InChI is InChI=1S/C6H15PS/c1-6(2)5-7(3,4)8/h6H,5H2,1-4H3. The Labute approximate surface area is 57.7 Å². The van der Waals surface area contributed by atoms with E-state index in [1.807, 2.05) is 0 Å². The van der Waals surface area contributed by atoms with Gasteiger partial charge < -0.3 is 0 Å². The second kappa shape index (κ2) is 2.98. The minimum absolute atomic E-state index is 0.788. The van der Waals surface area contributed by atoms with Gasteiger partial charge in [-0.05, 0) is 31.4 Å². The van der Waals surface area contributed by atoms with Gasteiger partial charge in [0.1, 0.15) is 0 Å². The zero-order valence-corrected chi connectivity index (χ0v) is 7.85. The minimum Gasteiger partial charge on any atom is -0.0980 e. The monoisotopic (exact) mass is 150 g/mol. The van der Waals surface area contributed by atoms with Gasteiger partial charge in [-0.1, -0.05) is 25.7 Å². The van der Waals surface area contributed by atoms with Crippen molar-refractivity contribution in [2.45, 2.75) is 13.8 Å². The van der Waals surface area contributed by atoms with Gasteiger partial charge in [-0.3, -0.25) is 0 Å². The van der Waals surface area contributed by atoms with Crippen molar-refractivity contribution in [1.29, 1.82) is 0 Å². The normalized spacial score (nSPS) is 12.6. The molecule has 0 saturated carbocycles. The molecule has 0 aliphatic heterocycles. The van der Waals surface area contributed by atoms with Crippen LogP contribution in [0.4, 0.5) is 0 Å². The Kier molecular flexibility index (Phi) is 3.23. The summed E-state index contributed by atoms with van der Waals surface area (Å²) in [6.07, 6.45) is 1.25. The fraction of sp³-hybridized carbons (Fsp3) is 1.00. The third kappa shape index (κ3) is 6.65. The van der Waals surface area contributed by atoms with Crippen molar-refractivity contribution in [2.75, 3.05) is 19.5 Å². The van der Waals surface area contributed by atoms with Crippen molar-refractivity contribution < 1.29 is 0 Å². The lowest BCUT2D eigenvalue weighted by Crippen LogP contribution is -1.94. The van der Waals surface area contributed by atoms with Crippen molar-refractivity contribution in [3.63, 3.8) is 0 Å². The Morgan fingerprint density at radius 1 is 1.38 bits per heavy atom. The van der Waals surface area contributed by atoms with E-state index in [0.717, 1.165) is 5.92 Å². The molecule has 0 aromatic carbocycles. The number of hydrogen-bond acceptors (Lipinski definition) is 1. The highest BCUT2D eigenvalue weighted by Gasteiger charge is 2.03. The maximum atomic E-state index is 5.27. The quantitative estimate of drug-likeness (QED) is 0.545. The molecule has 0 amide bonds. The summed E-state index contributed by atoms with van der Waals surface area (Å²) in [6.45, 7) is 8.88. The summed E-state index contributed by atoms with van der Waals surface area (Å²) in [7, 11) is 0. The predicted octanol–water partition coefficient (Wildman–Crippen LogP) is 2.38. The van der Waals surface area contributed by atoms with Gasteiger partial charge in [-0.2, -0.15) is 0 Å². The van der Waals surface area contributed by atoms with Crippen molar-refractivity contribution >= 4 is 17.8 Å². The molecular formula is C6H15PS. The van der Waals surface area contributed by atoms with Crippen LogP contribution in [0.25, 0.3) is 0 Å². The molecule has 0 spiro atoms. The van der Waals surface area contributed by atoms with E-state index in [-0.39, 0.29) is 0 Å². The predicted molar refractivity (Wildman–Crippen MR) is 45.8 cm³/mol. The third-order valence-corrected chi connectivity index (χ3v) is 2.86. The summed E-state index contributed by atoms with van der Waals surface area (Å²) in [5.41, 5.74) is 0. The van der Waals surface area contributed by atoms with Gasteiger partial charge in [0.15, 0.2) is 0 Å². The van der Waals surface area contributed by atoms with E-state index in [1.54, 1.807) is 0 Å². The van der Waals surface area contributed by atoms with Gasteiger partial charge in [0.2, 0.25) is 0 Å². The molecule has 0 aromatic heterocycles. The third-order valence-electron chi connectivity index (χ3n) is 0.805. The Morgan fingerprint density at radius 3 is 1.75 bits per heavy atom. The highest BCUT2D eigenvalue weighted by Crippen LogP contribution is 2.38. The summed E-state index contributed by atoms with van der Waals surface area (Å²) < 4.78 is 0. The van der Waals surface area contributed by atoms with Crippen LogP contribution in [0.5, 0.6) is 0 Å². The first-order valence-corrected chi connectivity index (χ1v) is 6.84. The maximum absolute atomic E-state index is 5.27. The zero-order chi connectivity index (χ0) is 6.78. The molecule has 0 atom stereocenters. The van der Waals surface area contributed by atoms with Crippen LogP contribution in [0.15, 0.2) is 0 Å². The molecule has 0 nitrogen and oxygen atoms in total. The molecule has 2 heteroatoms. The van der Waals surface area contributed by atoms with Crippen LogP contribution in [0.3, 0.4) is 0 Å². The van der Waals surface area contributed by atoms with Crippen molar-refractivity contribution in [2.24, 2.45) is 5.92 Å². The Morgan fingerprint density at radius 2 is 1.75 bits per heavy atom. The lowest BCUT2D eigenvalue weighted by Gasteiger charge is -2.11. The molecule has 0 N–H and O–H groups in total. The van der Waals surface area contributed by atoms with Gasteiger partial charge in [-0.15, -0.1) is 0 Å². The van der Waals surface area contributed by atoms with E-state index in [9.17, 15) is 0 Å². The summed E-state index contributed by atoms with van der Waals surface area (Å²) in [5, 5.41) is 0. The average molecular weight is 150 g/mol. The summed E-state index contributed by atoms with van der Waals surface area (Å²) >= 11 is 5.27. The fourth-order valence-corrected chi connectivity index (χ4v) is 3.53. The van der Waals surface area contributed by atoms with Crippen LogP contribution in [-0.2, 0) is 11.8 Å². The molecule has 0 aliphatic rings. The van der Waals surface area contributed by atoms with E-state index >= 15 is 0 Å². The largest absolute Gasteiger partial charge is 0.0980 e. The fourth-order valence-electron chi connectivity index (χ4n) is 0.879. The Bertz CT molecular complexity index is 101. The van der Waals surface area contributed by atoms with Gasteiger partial charge in [-0.25, -0.2) is 0 Å². The van der Waals surface area contributed by atoms with Gasteiger partial charge in [0.25, 0.3) is 0 Å². The molecule has 50 valence electrons. The molecule has 0 bridgehead atoms. The molecule has 0 radical (unpaired) electrons. The highest BCUT2D eigenvalue weighted by molar-refractivity contribution is 8.13. The van der Waals surface area contributed by atoms with Crippen LogP contribution < -0.4 is 0 Å². The molecule has 0 aliphatic carbocycles. The highest BCUT2D eigenvalue weighted by atomic mass is 32.4. The minimum atomic E-state index is -0.889. The summed E-state index contributed by atoms with van der Waals surface area (Å²) in [5.74, 6) is 0.788. The van der Waals surface area contributed by atoms with Crippen molar-refractivity contribution in [3.05, 3.63) is 0 Å². The van der Waals surface area contributed by atoms with Crippen LogP contribution in [-0.4, -0.2) is 19.5 Å². The molecule has 0 heterocycles. The first-order chi connectivity index (χ1) is 3.42. The van der Waals surface area contributed by atoms with Gasteiger partial charge in [0.05, 0.1) is 0 Å². The van der Waals surface area contributed by atoms with Crippen LogP contribution in [0.2, 0.25) is 0 Å². The van der Waals surface area contributed by atoms with E-state index < -0.39 is 6.04 Å². The lowest BCUT2D eigenvalue weighted by atomic mass is 10.3. The van der Waals surface area contributed by atoms with Crippen LogP contribution in [0, 0.1) is 5.92 Å². The molecule has 0 saturated heterocycles. The van der Waals surface area contributed by atoms with Crippen molar-refractivity contribution in [3.8, 4) is 0 Å². The van der Waals surface area contributed by atoms with Crippen LogP contribution >= 0.6 is 6.04 Å². The second-order valence-electron chi connectivity index (χ2n) is 3.15. The van der Waals surface area contributed by atoms with E-state index in [4.69, 9.17) is 11.8 Å². The zero-order valence-electron chi connectivity index (χ0n) is 6.14. The lowest BCUT2D eigenvalue weighted by molar-refractivity contribution is 0.745. The summed E-state index contributed by atoms with van der Waals surface area (Å²) in [6, 6.07) is -0.889. The van der Waals surface area contributed by atoms with Crippen molar-refractivity contribution in [1.82, 2.24) is 0 Å². The first-order valence-electron chi connectivity index (χ1n) is 2.96. The number of rotatable bonds is 2. The number of hydrogen-bond donors (Lipinski definition) is 0. The summed E-state index contributed by atoms with van der Waals surface area (Å²) in [4.78, 5) is 0. The second-order valence-corrected chi connectivity index (χ2v) is 9.63. The van der Waals surface area contributed by atoms with Gasteiger partial charge in [0, 0.05) is 0 Å². The maximum Gasteiger partial charge on any atom is -0.0216 e. The smallest absolute Gasteiger partial charge is 0.0216 e. The molecule has 0 aromatic rings. The van der Waals surface area contributed by atoms with E-state index in [0.29, 0.717) is 0 Å². The molecule has 0 fully saturated rings. The molecular weight excluding hydrogens is 135 g/mol. The van der Waals surface area contributed by atoms with Crippen LogP contribution in [0.1, 0.15) is 13.8 Å². The Balaban J connectivity index is 3.56. The SMILES string of the molecule is CC(C)CP(C)(C)=S. The Hall–Kier alpha value is 0.650. The molecule has 0 unspecified atom stereocenters. The molecule has 8 heavy (non-hydrogen) atoms. The first kappa shape index (κ1) is 8.65. The van der Waals surface area contributed by atoms with E-state index in [2.05, 4.69) is 27.2 Å². The van der Waals surface area contributed by atoms with Gasteiger partial charge >= 0.3 is 0 Å². The topological polar surface area (TPSA) is 0 Å². The average Bonchev–Trinajstić information content (AvgIpc) is 1.21. The molecule has 0 rings (SSSR count). The van der Waals surface area contributed by atoms with E-state index in [1.165, 1.54) is 6.16 Å².